The highest BCUT2D eigenvalue weighted by Gasteiger charge is 2.37. The number of nitrogens with zero attached hydrogens (tertiary/aromatic N) is 1. The minimum absolute atomic E-state index is 0.00962. The molecular weight excluding hydrogens is 459 g/mol. The maximum absolute atomic E-state index is 12.8. The third kappa shape index (κ3) is 3.86. The van der Waals surface area contributed by atoms with E-state index in [1.807, 2.05) is 36.2 Å². The van der Waals surface area contributed by atoms with E-state index < -0.39 is 30.2 Å². The summed E-state index contributed by atoms with van der Waals surface area (Å²) < 4.78 is 35.0. The van der Waals surface area contributed by atoms with Gasteiger partial charge in [0, 0.05) is 23.8 Å². The van der Waals surface area contributed by atoms with Crippen molar-refractivity contribution in [1.82, 2.24) is 0 Å². The number of benzene rings is 1. The molecule has 1 aliphatic heterocycles. The lowest BCUT2D eigenvalue weighted by molar-refractivity contribution is 0.104. The summed E-state index contributed by atoms with van der Waals surface area (Å²) >= 11 is 3.04. The fourth-order valence-electron chi connectivity index (χ4n) is 3.62. The van der Waals surface area contributed by atoms with Crippen molar-refractivity contribution in [2.24, 2.45) is 0 Å². The molecule has 1 aromatic heterocycles. The first kappa shape index (κ1) is 22.0. The summed E-state index contributed by atoms with van der Waals surface area (Å²) in [5, 5.41) is 0. The van der Waals surface area contributed by atoms with E-state index in [-0.39, 0.29) is 15.6 Å². The van der Waals surface area contributed by atoms with E-state index in [1.54, 1.807) is 6.08 Å². The van der Waals surface area contributed by atoms with E-state index in [0.29, 0.717) is 0 Å². The van der Waals surface area contributed by atoms with Gasteiger partial charge in [-0.1, -0.05) is 38.1 Å². The van der Waals surface area contributed by atoms with Gasteiger partial charge in [-0.15, -0.1) is 0 Å². The van der Waals surface area contributed by atoms with Gasteiger partial charge < -0.3 is 14.0 Å². The number of likely N-dealkylation sites (N-methyl/N-ethyl adjacent to an activating group) is 1. The molecule has 0 saturated carbocycles. The summed E-state index contributed by atoms with van der Waals surface area (Å²) in [6.07, 6.45) is 4.38. The van der Waals surface area contributed by atoms with Crippen LogP contribution in [0.15, 0.2) is 61.9 Å². The number of ketones is 1. The lowest BCUT2D eigenvalue weighted by Crippen LogP contribution is -2.22. The first-order valence-corrected chi connectivity index (χ1v) is 9.89. The second-order valence-electron chi connectivity index (χ2n) is 7.32. The fraction of sp³-hybridized carbons (Fsp3) is 0.238. The molecular formula is C21H19BBrF2NO4. The molecule has 0 saturated heterocycles. The number of carbonyl (C=O) groups is 1. The van der Waals surface area contributed by atoms with Gasteiger partial charge in [-0.05, 0) is 46.6 Å². The smallest absolute Gasteiger partial charge is 0.503 e. The number of para-hydroxylation sites is 1. The third-order valence-corrected chi connectivity index (χ3v) is 6.00. The van der Waals surface area contributed by atoms with E-state index >= 15 is 0 Å². The van der Waals surface area contributed by atoms with E-state index in [9.17, 15) is 18.2 Å². The van der Waals surface area contributed by atoms with Gasteiger partial charge in [0.2, 0.25) is 0 Å². The van der Waals surface area contributed by atoms with E-state index in [4.69, 9.17) is 4.42 Å². The van der Waals surface area contributed by atoms with Gasteiger partial charge in [0.05, 0.1) is 4.47 Å². The van der Waals surface area contributed by atoms with Crippen molar-refractivity contribution in [3.8, 4) is 5.75 Å². The van der Waals surface area contributed by atoms with Crippen LogP contribution in [0.1, 0.15) is 35.5 Å². The molecule has 0 amide bonds. The molecule has 5 nitrogen and oxygen atoms in total. The molecule has 2 aromatic rings. The van der Waals surface area contributed by atoms with Crippen LogP contribution >= 0.6 is 15.9 Å². The molecule has 0 fully saturated rings. The largest absolute Gasteiger partial charge is 0.796 e. The Kier molecular flexibility index (Phi) is 6.03. The quantitative estimate of drug-likeness (QED) is 0.342. The van der Waals surface area contributed by atoms with Crippen molar-refractivity contribution in [2.75, 3.05) is 11.9 Å². The minimum Gasteiger partial charge on any atom is -0.503 e. The molecule has 30 heavy (non-hydrogen) atoms. The van der Waals surface area contributed by atoms with Crippen LogP contribution in [-0.2, 0) is 5.41 Å². The van der Waals surface area contributed by atoms with Crippen molar-refractivity contribution < 1.29 is 22.5 Å². The number of aryl methyl sites for hydroxylation is 1. The van der Waals surface area contributed by atoms with Gasteiger partial charge in [0.1, 0.15) is 17.1 Å². The molecule has 0 unspecified atom stereocenters. The van der Waals surface area contributed by atoms with Crippen LogP contribution < -0.4 is 15.2 Å². The second-order valence-corrected chi connectivity index (χ2v) is 8.11. The second kappa shape index (κ2) is 8.22. The van der Waals surface area contributed by atoms with Crippen molar-refractivity contribution in [1.29, 1.82) is 0 Å². The molecule has 9 heteroatoms. The zero-order chi connectivity index (χ0) is 22.2. The molecule has 156 valence electrons. The zero-order valence-corrected chi connectivity index (χ0v) is 18.4. The first-order valence-electron chi connectivity index (χ1n) is 9.10. The third-order valence-electron chi connectivity index (χ3n) is 5.08. The van der Waals surface area contributed by atoms with Crippen molar-refractivity contribution >= 4 is 34.9 Å². The Morgan fingerprint density at radius 3 is 2.60 bits per heavy atom. The predicted octanol–water partition coefficient (Wildman–Crippen LogP) is 5.06. The summed E-state index contributed by atoms with van der Waals surface area (Å²) in [7, 11) is -1.28. The topological polar surface area (TPSA) is 59.8 Å². The number of hydrogen-bond donors (Lipinski definition) is 0. The Morgan fingerprint density at radius 1 is 1.30 bits per heavy atom. The Hall–Kier alpha value is -2.68. The molecule has 0 atom stereocenters. The van der Waals surface area contributed by atoms with Gasteiger partial charge in [-0.25, -0.2) is 13.4 Å². The van der Waals surface area contributed by atoms with Crippen LogP contribution in [0.5, 0.6) is 5.75 Å². The number of hydrogen-bond acceptors (Lipinski definition) is 5. The van der Waals surface area contributed by atoms with Gasteiger partial charge in [-0.2, -0.15) is 0 Å². The highest BCUT2D eigenvalue weighted by molar-refractivity contribution is 9.10. The summed E-state index contributed by atoms with van der Waals surface area (Å²) in [6.45, 7) is 5.53. The summed E-state index contributed by atoms with van der Waals surface area (Å²) in [6, 6.07) is 7.98. The SMILES string of the molecule is Cc1oc(=O)c(C(=O)/C=C/C=C2\N(C)c3ccccc3C2(C)C)c(OB(F)F)c1Br. The lowest BCUT2D eigenvalue weighted by Gasteiger charge is -2.23. The van der Waals surface area contributed by atoms with Crippen LogP contribution in [0, 0.1) is 6.92 Å². The van der Waals surface area contributed by atoms with Crippen LogP contribution in [-0.4, -0.2) is 20.3 Å². The normalized spacial score (nSPS) is 16.2. The number of rotatable bonds is 5. The average Bonchev–Trinajstić information content (AvgIpc) is 2.86. The van der Waals surface area contributed by atoms with E-state index in [1.165, 1.54) is 13.0 Å². The zero-order valence-electron chi connectivity index (χ0n) is 16.8. The maximum atomic E-state index is 12.8. The van der Waals surface area contributed by atoms with Crippen molar-refractivity contribution in [3.63, 3.8) is 0 Å². The fourth-order valence-corrected chi connectivity index (χ4v) is 3.99. The predicted molar refractivity (Wildman–Crippen MR) is 115 cm³/mol. The van der Waals surface area contributed by atoms with Gasteiger partial charge >= 0.3 is 13.1 Å². The Labute approximate surface area is 181 Å². The number of carbonyl (C=O) groups excluding carboxylic acids is 1. The molecule has 0 aliphatic carbocycles. The highest BCUT2D eigenvalue weighted by atomic mass is 79.9. The Balaban J connectivity index is 1.96. The molecule has 0 spiro atoms. The summed E-state index contributed by atoms with van der Waals surface area (Å²) in [4.78, 5) is 26.8. The molecule has 0 radical (unpaired) electrons. The van der Waals surface area contributed by atoms with E-state index in [0.717, 1.165) is 23.0 Å². The van der Waals surface area contributed by atoms with Crippen LogP contribution in [0.25, 0.3) is 0 Å². The highest BCUT2D eigenvalue weighted by Crippen LogP contribution is 2.46. The molecule has 1 aliphatic rings. The minimum atomic E-state index is -3.20. The van der Waals surface area contributed by atoms with Crippen molar-refractivity contribution in [3.05, 3.63) is 80.0 Å². The number of halogens is 3. The van der Waals surface area contributed by atoms with Gasteiger partial charge in [0.15, 0.2) is 5.78 Å². The number of allylic oxidation sites excluding steroid dienone is 4. The molecule has 1 aromatic carbocycles. The number of fused-ring (bicyclic) bond motifs is 1. The first-order chi connectivity index (χ1) is 14.1. The maximum Gasteiger partial charge on any atom is 0.796 e. The Morgan fingerprint density at radius 2 is 1.97 bits per heavy atom. The van der Waals surface area contributed by atoms with Gasteiger partial charge in [-0.3, -0.25) is 4.79 Å². The van der Waals surface area contributed by atoms with Crippen LogP contribution in [0.4, 0.5) is 14.3 Å². The van der Waals surface area contributed by atoms with Crippen LogP contribution in [0.2, 0.25) is 0 Å². The average molecular weight is 478 g/mol. The summed E-state index contributed by atoms with van der Waals surface area (Å²) in [5.74, 6) is -1.30. The molecule has 2 heterocycles. The van der Waals surface area contributed by atoms with E-state index in [2.05, 4.69) is 34.4 Å². The van der Waals surface area contributed by atoms with Gasteiger partial charge in [0.25, 0.3) is 0 Å². The van der Waals surface area contributed by atoms with Crippen LogP contribution in [0.3, 0.4) is 0 Å². The Bertz CT molecular complexity index is 1120. The number of anilines is 1. The lowest BCUT2D eigenvalue weighted by atomic mass is 9.84. The molecule has 3 rings (SSSR count). The molecule has 0 bridgehead atoms. The monoisotopic (exact) mass is 477 g/mol. The molecule has 0 N–H and O–H groups in total. The summed E-state index contributed by atoms with van der Waals surface area (Å²) in [5.41, 5.74) is 1.21. The standard InChI is InChI=1S/C21H19BBrF2NO4/c1-12-18(23)19(30-22(24)25)17(20(28)29-12)15(27)10-7-11-16-21(2,3)13-8-5-6-9-14(13)26(16)4/h5-11H,1-4H3/b10-7+,16-11-. The van der Waals surface area contributed by atoms with Crippen molar-refractivity contribution in [2.45, 2.75) is 26.2 Å².